The van der Waals surface area contributed by atoms with Gasteiger partial charge in [-0.25, -0.2) is 0 Å². The van der Waals surface area contributed by atoms with Crippen LogP contribution in [0.25, 0.3) is 0 Å². The number of carbonyl (C=O) groups is 1. The van der Waals surface area contributed by atoms with Crippen molar-refractivity contribution < 1.29 is 14.3 Å². The fourth-order valence-electron chi connectivity index (χ4n) is 1.68. The molecule has 1 aliphatic carbocycles. The molecular formula is C13H16O3. The van der Waals surface area contributed by atoms with Crippen molar-refractivity contribution in [3.05, 3.63) is 29.8 Å². The largest absolute Gasteiger partial charge is 0.490 e. The van der Waals surface area contributed by atoms with E-state index in [0.29, 0.717) is 18.6 Å². The second-order valence-corrected chi connectivity index (χ2v) is 4.07. The monoisotopic (exact) mass is 220 g/mol. The molecule has 2 rings (SSSR count). The molecule has 16 heavy (non-hydrogen) atoms. The number of hydrogen-bond acceptors (Lipinski definition) is 3. The molecule has 0 aromatic heterocycles. The third-order valence-corrected chi connectivity index (χ3v) is 2.73. The van der Waals surface area contributed by atoms with Crippen LogP contribution in [0.3, 0.4) is 0 Å². The summed E-state index contributed by atoms with van der Waals surface area (Å²) in [5, 5.41) is 0. The molecular weight excluding hydrogens is 204 g/mol. The summed E-state index contributed by atoms with van der Waals surface area (Å²) < 4.78 is 10.6. The highest BCUT2D eigenvalue weighted by Crippen LogP contribution is 2.22. The lowest BCUT2D eigenvalue weighted by molar-refractivity contribution is -0.129. The van der Waals surface area contributed by atoms with Crippen LogP contribution in [0.1, 0.15) is 18.4 Å². The van der Waals surface area contributed by atoms with E-state index in [-0.39, 0.29) is 6.10 Å². The number of ketones is 1. The van der Waals surface area contributed by atoms with E-state index >= 15 is 0 Å². The molecule has 0 saturated heterocycles. The van der Waals surface area contributed by atoms with Crippen molar-refractivity contribution >= 4 is 5.78 Å². The minimum Gasteiger partial charge on any atom is -0.490 e. The molecule has 0 spiro atoms. The maximum absolute atomic E-state index is 10.8. The first-order valence-electron chi connectivity index (χ1n) is 5.54. The summed E-state index contributed by atoms with van der Waals surface area (Å²) in [5.41, 5.74) is 1.24. The van der Waals surface area contributed by atoms with Crippen molar-refractivity contribution in [3.63, 3.8) is 0 Å². The SMILES string of the molecule is COCCc1ccc(OC2CC(=O)C2)cc1. The van der Waals surface area contributed by atoms with Crippen LogP contribution in [0.2, 0.25) is 0 Å². The van der Waals surface area contributed by atoms with Gasteiger partial charge in [-0.1, -0.05) is 12.1 Å². The molecule has 0 heterocycles. The zero-order valence-corrected chi connectivity index (χ0v) is 9.44. The molecule has 0 atom stereocenters. The quantitative estimate of drug-likeness (QED) is 0.761. The summed E-state index contributed by atoms with van der Waals surface area (Å²) in [6.45, 7) is 0.733. The normalized spacial score (nSPS) is 15.9. The highest BCUT2D eigenvalue weighted by molar-refractivity contribution is 5.85. The molecule has 0 bridgehead atoms. The molecule has 0 unspecified atom stereocenters. The molecule has 1 aliphatic rings. The van der Waals surface area contributed by atoms with Crippen LogP contribution in [-0.2, 0) is 16.0 Å². The van der Waals surface area contributed by atoms with Gasteiger partial charge in [0.05, 0.1) is 6.61 Å². The molecule has 1 saturated carbocycles. The van der Waals surface area contributed by atoms with Gasteiger partial charge in [0, 0.05) is 20.0 Å². The molecule has 0 aliphatic heterocycles. The molecule has 0 N–H and O–H groups in total. The van der Waals surface area contributed by atoms with Crippen molar-refractivity contribution in [2.75, 3.05) is 13.7 Å². The zero-order valence-electron chi connectivity index (χ0n) is 9.44. The van der Waals surface area contributed by atoms with Gasteiger partial charge in [0.25, 0.3) is 0 Å². The Morgan fingerprint density at radius 1 is 1.25 bits per heavy atom. The van der Waals surface area contributed by atoms with Crippen molar-refractivity contribution in [3.8, 4) is 5.75 Å². The van der Waals surface area contributed by atoms with E-state index in [1.807, 2.05) is 24.3 Å². The fourth-order valence-corrected chi connectivity index (χ4v) is 1.68. The Bertz CT molecular complexity index is 348. The van der Waals surface area contributed by atoms with E-state index in [2.05, 4.69) is 0 Å². The summed E-state index contributed by atoms with van der Waals surface area (Å²) in [6.07, 6.45) is 2.13. The average molecular weight is 220 g/mol. The lowest BCUT2D eigenvalue weighted by Gasteiger charge is -2.25. The van der Waals surface area contributed by atoms with Crippen LogP contribution >= 0.6 is 0 Å². The molecule has 0 radical (unpaired) electrons. The Morgan fingerprint density at radius 3 is 2.50 bits per heavy atom. The summed E-state index contributed by atoms with van der Waals surface area (Å²) in [5.74, 6) is 1.14. The predicted molar refractivity (Wildman–Crippen MR) is 60.7 cm³/mol. The minimum absolute atomic E-state index is 0.0947. The maximum atomic E-state index is 10.8. The highest BCUT2D eigenvalue weighted by atomic mass is 16.5. The van der Waals surface area contributed by atoms with Gasteiger partial charge >= 0.3 is 0 Å². The fraction of sp³-hybridized carbons (Fsp3) is 0.462. The summed E-state index contributed by atoms with van der Waals surface area (Å²) in [7, 11) is 1.70. The predicted octanol–water partition coefficient (Wildman–Crippen LogP) is 1.99. The summed E-state index contributed by atoms with van der Waals surface area (Å²) in [6, 6.07) is 7.98. The van der Waals surface area contributed by atoms with Gasteiger partial charge in [-0.2, -0.15) is 0 Å². The topological polar surface area (TPSA) is 35.5 Å². The van der Waals surface area contributed by atoms with Gasteiger partial charge in [-0.3, -0.25) is 4.79 Å². The first-order valence-corrected chi connectivity index (χ1v) is 5.54. The van der Waals surface area contributed by atoms with Gasteiger partial charge < -0.3 is 9.47 Å². The Morgan fingerprint density at radius 2 is 1.94 bits per heavy atom. The van der Waals surface area contributed by atoms with Crippen molar-refractivity contribution in [2.24, 2.45) is 0 Å². The van der Waals surface area contributed by atoms with Gasteiger partial charge in [-0.15, -0.1) is 0 Å². The number of Topliss-reactive ketones (excluding diaryl/α,β-unsaturated/α-hetero) is 1. The van der Waals surface area contributed by atoms with Crippen LogP contribution in [0, 0.1) is 0 Å². The third kappa shape index (κ3) is 2.83. The Labute approximate surface area is 95.4 Å². The highest BCUT2D eigenvalue weighted by Gasteiger charge is 2.28. The molecule has 1 aromatic carbocycles. The number of hydrogen-bond donors (Lipinski definition) is 0. The smallest absolute Gasteiger partial charge is 0.140 e. The standard InChI is InChI=1S/C13H16O3/c1-15-7-6-10-2-4-12(5-3-10)16-13-8-11(14)9-13/h2-5,13H,6-9H2,1H3. The molecule has 86 valence electrons. The van der Waals surface area contributed by atoms with Gasteiger partial charge in [0.2, 0.25) is 0 Å². The van der Waals surface area contributed by atoms with Crippen molar-refractivity contribution in [1.82, 2.24) is 0 Å². The Hall–Kier alpha value is -1.35. The van der Waals surface area contributed by atoms with Gasteiger partial charge in [-0.05, 0) is 24.1 Å². The second-order valence-electron chi connectivity index (χ2n) is 4.07. The first-order chi connectivity index (χ1) is 7.78. The molecule has 3 nitrogen and oxygen atoms in total. The van der Waals surface area contributed by atoms with E-state index in [1.165, 1.54) is 5.56 Å². The van der Waals surface area contributed by atoms with Crippen LogP contribution in [0.15, 0.2) is 24.3 Å². The van der Waals surface area contributed by atoms with Crippen LogP contribution in [0.4, 0.5) is 0 Å². The molecule has 1 fully saturated rings. The number of carbonyl (C=O) groups excluding carboxylic acids is 1. The number of benzene rings is 1. The average Bonchev–Trinajstić information content (AvgIpc) is 2.26. The van der Waals surface area contributed by atoms with E-state index < -0.39 is 0 Å². The minimum atomic E-state index is 0.0947. The molecule has 0 amide bonds. The second kappa shape index (κ2) is 5.12. The van der Waals surface area contributed by atoms with E-state index in [4.69, 9.17) is 9.47 Å². The third-order valence-electron chi connectivity index (χ3n) is 2.73. The van der Waals surface area contributed by atoms with E-state index in [0.717, 1.165) is 18.8 Å². The van der Waals surface area contributed by atoms with E-state index in [9.17, 15) is 4.79 Å². The first kappa shape index (κ1) is 11.1. The number of methoxy groups -OCH3 is 1. The molecule has 1 aromatic rings. The maximum Gasteiger partial charge on any atom is 0.140 e. The Kier molecular flexibility index (Phi) is 3.57. The van der Waals surface area contributed by atoms with Crippen molar-refractivity contribution in [2.45, 2.75) is 25.4 Å². The number of rotatable bonds is 5. The summed E-state index contributed by atoms with van der Waals surface area (Å²) in [4.78, 5) is 10.8. The zero-order chi connectivity index (χ0) is 11.4. The van der Waals surface area contributed by atoms with Crippen LogP contribution < -0.4 is 4.74 Å². The molecule has 3 heteroatoms. The van der Waals surface area contributed by atoms with Crippen LogP contribution in [-0.4, -0.2) is 25.6 Å². The lowest BCUT2D eigenvalue weighted by atomic mass is 9.94. The lowest BCUT2D eigenvalue weighted by Crippen LogP contribution is -2.33. The van der Waals surface area contributed by atoms with Gasteiger partial charge in [0.1, 0.15) is 17.6 Å². The Balaban J connectivity index is 1.84. The van der Waals surface area contributed by atoms with Crippen LogP contribution in [0.5, 0.6) is 5.75 Å². The summed E-state index contributed by atoms with van der Waals surface area (Å²) >= 11 is 0. The van der Waals surface area contributed by atoms with Crippen molar-refractivity contribution in [1.29, 1.82) is 0 Å². The number of ether oxygens (including phenoxy) is 2. The van der Waals surface area contributed by atoms with Gasteiger partial charge in [0.15, 0.2) is 0 Å². The van der Waals surface area contributed by atoms with E-state index in [1.54, 1.807) is 7.11 Å².